The minimum Gasteiger partial charge on any atom is -0.330 e. The standard InChI is InChI=1S/C14H25N/c1-3-5-6-10-13-15(4-2)14-11-8-7-9-12-14/h2,14H,3,5-13H2,1H3. The van der Waals surface area contributed by atoms with Crippen molar-refractivity contribution in [3.8, 4) is 12.5 Å². The molecule has 0 bridgehead atoms. The van der Waals surface area contributed by atoms with Gasteiger partial charge in [0.15, 0.2) is 0 Å². The quantitative estimate of drug-likeness (QED) is 0.364. The van der Waals surface area contributed by atoms with Crippen molar-refractivity contribution >= 4 is 0 Å². The summed E-state index contributed by atoms with van der Waals surface area (Å²) in [6.07, 6.45) is 17.6. The first-order valence-electron chi connectivity index (χ1n) is 6.61. The van der Waals surface area contributed by atoms with E-state index in [2.05, 4.69) is 17.9 Å². The molecule has 1 saturated carbocycles. The Morgan fingerprint density at radius 2 is 1.87 bits per heavy atom. The lowest BCUT2D eigenvalue weighted by molar-refractivity contribution is 0.227. The first-order chi connectivity index (χ1) is 7.38. The van der Waals surface area contributed by atoms with Gasteiger partial charge in [-0.2, -0.15) is 0 Å². The van der Waals surface area contributed by atoms with Crippen LogP contribution in [-0.4, -0.2) is 17.5 Å². The molecule has 0 radical (unpaired) electrons. The molecular weight excluding hydrogens is 182 g/mol. The molecule has 0 atom stereocenters. The highest BCUT2D eigenvalue weighted by molar-refractivity contribution is 4.91. The molecule has 0 N–H and O–H groups in total. The minimum absolute atomic E-state index is 0.686. The maximum Gasteiger partial charge on any atom is 0.0371 e. The van der Waals surface area contributed by atoms with Gasteiger partial charge in [-0.25, -0.2) is 0 Å². The molecule has 1 heteroatoms. The fourth-order valence-corrected chi connectivity index (χ4v) is 2.45. The molecule has 0 heterocycles. The van der Waals surface area contributed by atoms with Crippen molar-refractivity contribution < 1.29 is 0 Å². The van der Waals surface area contributed by atoms with Gasteiger partial charge in [0, 0.05) is 18.6 Å². The Morgan fingerprint density at radius 3 is 2.47 bits per heavy atom. The van der Waals surface area contributed by atoms with Crippen LogP contribution in [0.5, 0.6) is 0 Å². The van der Waals surface area contributed by atoms with E-state index in [0.29, 0.717) is 6.04 Å². The first-order valence-corrected chi connectivity index (χ1v) is 6.61. The van der Waals surface area contributed by atoms with Gasteiger partial charge < -0.3 is 4.90 Å². The summed E-state index contributed by atoms with van der Waals surface area (Å²) < 4.78 is 0. The zero-order valence-electron chi connectivity index (χ0n) is 10.2. The monoisotopic (exact) mass is 207 g/mol. The average Bonchev–Trinajstić information content (AvgIpc) is 2.30. The van der Waals surface area contributed by atoms with Crippen LogP contribution in [0.1, 0.15) is 64.7 Å². The fraction of sp³-hybridized carbons (Fsp3) is 0.857. The number of nitrogens with zero attached hydrogens (tertiary/aromatic N) is 1. The summed E-state index contributed by atoms with van der Waals surface area (Å²) in [5.41, 5.74) is 0. The van der Waals surface area contributed by atoms with Gasteiger partial charge in [-0.05, 0) is 19.3 Å². The third kappa shape index (κ3) is 4.60. The Kier molecular flexibility index (Phi) is 6.32. The Balaban J connectivity index is 2.19. The van der Waals surface area contributed by atoms with Crippen molar-refractivity contribution in [3.05, 3.63) is 0 Å². The van der Waals surface area contributed by atoms with E-state index in [9.17, 15) is 0 Å². The molecule has 0 aromatic rings. The number of unbranched alkanes of at least 4 members (excludes halogenated alkanes) is 3. The molecule has 0 unspecified atom stereocenters. The lowest BCUT2D eigenvalue weighted by Crippen LogP contribution is -2.33. The summed E-state index contributed by atoms with van der Waals surface area (Å²) >= 11 is 0. The second-order valence-electron chi connectivity index (χ2n) is 4.67. The zero-order chi connectivity index (χ0) is 10.9. The zero-order valence-corrected chi connectivity index (χ0v) is 10.2. The fourth-order valence-electron chi connectivity index (χ4n) is 2.45. The van der Waals surface area contributed by atoms with Crippen LogP contribution in [0, 0.1) is 12.5 Å². The van der Waals surface area contributed by atoms with Gasteiger partial charge in [-0.15, -0.1) is 0 Å². The predicted molar refractivity (Wildman–Crippen MR) is 66.6 cm³/mol. The summed E-state index contributed by atoms with van der Waals surface area (Å²) in [7, 11) is 0. The summed E-state index contributed by atoms with van der Waals surface area (Å²) in [6.45, 7) is 3.36. The van der Waals surface area contributed by atoms with Crippen LogP contribution >= 0.6 is 0 Å². The normalized spacial score (nSPS) is 17.3. The summed E-state index contributed by atoms with van der Waals surface area (Å²) in [5, 5.41) is 0. The van der Waals surface area contributed by atoms with E-state index in [4.69, 9.17) is 6.42 Å². The highest BCUT2D eigenvalue weighted by Gasteiger charge is 2.18. The minimum atomic E-state index is 0.686. The van der Waals surface area contributed by atoms with E-state index in [1.165, 1.54) is 57.8 Å². The second-order valence-corrected chi connectivity index (χ2v) is 4.67. The first kappa shape index (κ1) is 12.4. The van der Waals surface area contributed by atoms with E-state index >= 15 is 0 Å². The third-order valence-corrected chi connectivity index (χ3v) is 3.43. The molecule has 1 fully saturated rings. The topological polar surface area (TPSA) is 3.24 Å². The van der Waals surface area contributed by atoms with Gasteiger partial charge in [0.25, 0.3) is 0 Å². The Morgan fingerprint density at radius 1 is 1.13 bits per heavy atom. The highest BCUT2D eigenvalue weighted by Crippen LogP contribution is 2.22. The van der Waals surface area contributed by atoms with Gasteiger partial charge in [-0.1, -0.05) is 51.9 Å². The van der Waals surface area contributed by atoms with E-state index in [1.807, 2.05) is 0 Å². The summed E-state index contributed by atoms with van der Waals surface area (Å²) in [5.74, 6) is 0. The molecule has 0 amide bonds. The average molecular weight is 207 g/mol. The Hall–Kier alpha value is -0.640. The van der Waals surface area contributed by atoms with Crippen molar-refractivity contribution in [1.29, 1.82) is 0 Å². The Bertz CT molecular complexity index is 186. The number of hydrogen-bond donors (Lipinski definition) is 0. The SMILES string of the molecule is C#CN(CCCCCC)C1CCCCC1. The van der Waals surface area contributed by atoms with Crippen LogP contribution < -0.4 is 0 Å². The van der Waals surface area contributed by atoms with Gasteiger partial charge in [0.1, 0.15) is 0 Å². The predicted octanol–water partition coefficient (Wildman–Crippen LogP) is 3.79. The molecule has 0 spiro atoms. The molecule has 1 nitrogen and oxygen atoms in total. The molecule has 1 aliphatic rings. The van der Waals surface area contributed by atoms with Crippen LogP contribution in [0.15, 0.2) is 0 Å². The van der Waals surface area contributed by atoms with Gasteiger partial charge in [0.2, 0.25) is 0 Å². The van der Waals surface area contributed by atoms with Crippen LogP contribution in [0.4, 0.5) is 0 Å². The number of hydrogen-bond acceptors (Lipinski definition) is 1. The van der Waals surface area contributed by atoms with Crippen molar-refractivity contribution in [2.75, 3.05) is 6.54 Å². The van der Waals surface area contributed by atoms with Gasteiger partial charge in [0.05, 0.1) is 0 Å². The molecule has 1 aliphatic carbocycles. The molecule has 0 aliphatic heterocycles. The van der Waals surface area contributed by atoms with Crippen LogP contribution in [0.3, 0.4) is 0 Å². The van der Waals surface area contributed by atoms with Crippen molar-refractivity contribution in [2.24, 2.45) is 0 Å². The van der Waals surface area contributed by atoms with E-state index in [0.717, 1.165) is 6.54 Å². The van der Waals surface area contributed by atoms with Crippen LogP contribution in [0.25, 0.3) is 0 Å². The molecule has 1 rings (SSSR count). The van der Waals surface area contributed by atoms with Crippen molar-refractivity contribution in [1.82, 2.24) is 4.90 Å². The molecule has 0 aromatic heterocycles. The maximum absolute atomic E-state index is 5.59. The third-order valence-electron chi connectivity index (χ3n) is 3.43. The lowest BCUT2D eigenvalue weighted by atomic mass is 9.94. The van der Waals surface area contributed by atoms with Crippen molar-refractivity contribution in [2.45, 2.75) is 70.8 Å². The second kappa shape index (κ2) is 7.63. The van der Waals surface area contributed by atoms with E-state index in [-0.39, 0.29) is 0 Å². The van der Waals surface area contributed by atoms with Gasteiger partial charge in [-0.3, -0.25) is 0 Å². The maximum atomic E-state index is 5.59. The summed E-state index contributed by atoms with van der Waals surface area (Å²) in [4.78, 5) is 2.26. The Labute approximate surface area is 95.2 Å². The van der Waals surface area contributed by atoms with Crippen LogP contribution in [0.2, 0.25) is 0 Å². The molecular formula is C14H25N. The summed E-state index contributed by atoms with van der Waals surface area (Å²) in [6, 6.07) is 3.57. The number of rotatable bonds is 6. The molecule has 15 heavy (non-hydrogen) atoms. The largest absolute Gasteiger partial charge is 0.330 e. The molecule has 0 saturated heterocycles. The highest BCUT2D eigenvalue weighted by atomic mass is 15.1. The van der Waals surface area contributed by atoms with E-state index in [1.54, 1.807) is 0 Å². The van der Waals surface area contributed by atoms with Crippen molar-refractivity contribution in [3.63, 3.8) is 0 Å². The smallest absolute Gasteiger partial charge is 0.0371 e. The molecule has 86 valence electrons. The van der Waals surface area contributed by atoms with Gasteiger partial charge >= 0.3 is 0 Å². The van der Waals surface area contributed by atoms with Crippen LogP contribution in [-0.2, 0) is 0 Å². The lowest BCUT2D eigenvalue weighted by Gasteiger charge is -2.31. The molecule has 0 aromatic carbocycles. The number of terminal acetylenes is 1. The van der Waals surface area contributed by atoms with E-state index < -0.39 is 0 Å².